The van der Waals surface area contributed by atoms with Gasteiger partial charge in [-0.1, -0.05) is 44.2 Å². The molecule has 0 radical (unpaired) electrons. The van der Waals surface area contributed by atoms with E-state index in [1.807, 2.05) is 32.0 Å². The number of hydrogen-bond donors (Lipinski definition) is 2. The van der Waals surface area contributed by atoms with Gasteiger partial charge in [-0.15, -0.1) is 0 Å². The number of phenolic OH excluding ortho intramolecular Hbond substituents is 2. The number of carbonyl (C=O) groups excluding carboxylic acids is 1. The van der Waals surface area contributed by atoms with Gasteiger partial charge in [0.1, 0.15) is 28.2 Å². The van der Waals surface area contributed by atoms with Gasteiger partial charge in [-0.25, -0.2) is 0 Å². The van der Waals surface area contributed by atoms with Gasteiger partial charge in [0, 0.05) is 29.2 Å². The van der Waals surface area contributed by atoms with E-state index in [0.29, 0.717) is 16.9 Å². The standard InChI is InChI=1S/C22H22O6/c1-12(2)14(9-19(26)27-3)20-15(23)10-16(24)21-17(25)11-18(28-22(20)21)13-7-5-4-6-8-13/h4-8,10-12,14,23-24H,9H2,1-3H3. The maximum Gasteiger partial charge on any atom is 0.306 e. The molecule has 146 valence electrons. The smallest absolute Gasteiger partial charge is 0.306 e. The van der Waals surface area contributed by atoms with Gasteiger partial charge in [-0.05, 0) is 5.92 Å². The summed E-state index contributed by atoms with van der Waals surface area (Å²) < 4.78 is 10.8. The summed E-state index contributed by atoms with van der Waals surface area (Å²) in [5.74, 6) is -1.27. The van der Waals surface area contributed by atoms with E-state index >= 15 is 0 Å². The third kappa shape index (κ3) is 3.58. The summed E-state index contributed by atoms with van der Waals surface area (Å²) in [5, 5.41) is 20.8. The molecule has 3 aromatic rings. The molecule has 6 heteroatoms. The fourth-order valence-corrected chi connectivity index (χ4v) is 3.36. The molecule has 1 aromatic heterocycles. The van der Waals surface area contributed by atoms with E-state index in [9.17, 15) is 19.8 Å². The van der Waals surface area contributed by atoms with Crippen LogP contribution in [0.3, 0.4) is 0 Å². The molecule has 0 saturated carbocycles. The highest BCUT2D eigenvalue weighted by molar-refractivity contribution is 5.90. The van der Waals surface area contributed by atoms with Gasteiger partial charge in [-0.2, -0.15) is 0 Å². The van der Waals surface area contributed by atoms with Gasteiger partial charge in [0.25, 0.3) is 0 Å². The Morgan fingerprint density at radius 3 is 2.39 bits per heavy atom. The topological polar surface area (TPSA) is 97.0 Å². The summed E-state index contributed by atoms with van der Waals surface area (Å²) in [6.07, 6.45) is 0.000870. The average Bonchev–Trinajstić information content (AvgIpc) is 2.66. The number of rotatable bonds is 5. The van der Waals surface area contributed by atoms with Crippen LogP contribution in [0.5, 0.6) is 11.5 Å². The summed E-state index contributed by atoms with van der Waals surface area (Å²) in [6.45, 7) is 3.79. The van der Waals surface area contributed by atoms with Crippen molar-refractivity contribution in [3.05, 3.63) is 58.3 Å². The van der Waals surface area contributed by atoms with E-state index in [2.05, 4.69) is 0 Å². The molecule has 28 heavy (non-hydrogen) atoms. The number of fused-ring (bicyclic) bond motifs is 1. The molecule has 1 unspecified atom stereocenters. The molecule has 0 aliphatic heterocycles. The van der Waals surface area contributed by atoms with Crippen molar-refractivity contribution >= 4 is 16.9 Å². The molecule has 6 nitrogen and oxygen atoms in total. The van der Waals surface area contributed by atoms with Crippen LogP contribution in [0.2, 0.25) is 0 Å². The Kier molecular flexibility index (Phi) is 5.40. The highest BCUT2D eigenvalue weighted by atomic mass is 16.5. The molecule has 3 rings (SSSR count). The molecule has 0 aliphatic carbocycles. The second kappa shape index (κ2) is 7.76. The van der Waals surface area contributed by atoms with Crippen molar-refractivity contribution in [3.8, 4) is 22.8 Å². The van der Waals surface area contributed by atoms with E-state index in [1.165, 1.54) is 13.2 Å². The molecule has 1 heterocycles. The first kappa shape index (κ1) is 19.5. The van der Waals surface area contributed by atoms with Gasteiger partial charge in [0.15, 0.2) is 5.43 Å². The molecule has 0 saturated heterocycles. The predicted octanol–water partition coefficient (Wildman–Crippen LogP) is 4.17. The van der Waals surface area contributed by atoms with Crippen LogP contribution in [0.25, 0.3) is 22.3 Å². The second-order valence-corrected chi connectivity index (χ2v) is 7.00. The van der Waals surface area contributed by atoms with E-state index in [-0.39, 0.29) is 34.8 Å². The van der Waals surface area contributed by atoms with Crippen LogP contribution in [0.1, 0.15) is 31.7 Å². The molecule has 1 atom stereocenters. The van der Waals surface area contributed by atoms with Crippen LogP contribution in [0.15, 0.2) is 51.7 Å². The van der Waals surface area contributed by atoms with Gasteiger partial charge < -0.3 is 19.4 Å². The zero-order valence-corrected chi connectivity index (χ0v) is 15.9. The minimum absolute atomic E-state index is 0.000870. The fourth-order valence-electron chi connectivity index (χ4n) is 3.36. The highest BCUT2D eigenvalue weighted by Gasteiger charge is 2.28. The van der Waals surface area contributed by atoms with Crippen molar-refractivity contribution in [2.45, 2.75) is 26.2 Å². The Bertz CT molecular complexity index is 1070. The lowest BCUT2D eigenvalue weighted by Crippen LogP contribution is -2.15. The number of hydrogen-bond acceptors (Lipinski definition) is 6. The van der Waals surface area contributed by atoms with Crippen LogP contribution in [0.4, 0.5) is 0 Å². The fraction of sp³-hybridized carbons (Fsp3) is 0.273. The van der Waals surface area contributed by atoms with Crippen molar-refractivity contribution in [3.63, 3.8) is 0 Å². The van der Waals surface area contributed by atoms with Gasteiger partial charge in [0.05, 0.1) is 13.5 Å². The summed E-state index contributed by atoms with van der Waals surface area (Å²) in [5.41, 5.74) is 0.637. The van der Waals surface area contributed by atoms with Crippen molar-refractivity contribution in [2.24, 2.45) is 5.92 Å². The third-order valence-corrected chi connectivity index (χ3v) is 4.85. The normalized spacial score (nSPS) is 12.3. The zero-order valence-electron chi connectivity index (χ0n) is 15.9. The van der Waals surface area contributed by atoms with Crippen LogP contribution < -0.4 is 5.43 Å². The Balaban J connectivity index is 2.34. The van der Waals surface area contributed by atoms with Crippen LogP contribution in [-0.2, 0) is 9.53 Å². The van der Waals surface area contributed by atoms with E-state index in [4.69, 9.17) is 9.15 Å². The molecule has 2 N–H and O–H groups in total. The largest absolute Gasteiger partial charge is 0.507 e. The predicted molar refractivity (Wildman–Crippen MR) is 105 cm³/mol. The quantitative estimate of drug-likeness (QED) is 0.643. The van der Waals surface area contributed by atoms with Gasteiger partial charge in [-0.3, -0.25) is 9.59 Å². The molecular weight excluding hydrogens is 360 g/mol. The monoisotopic (exact) mass is 382 g/mol. The van der Waals surface area contributed by atoms with E-state index < -0.39 is 17.3 Å². The van der Waals surface area contributed by atoms with E-state index in [0.717, 1.165) is 6.07 Å². The van der Waals surface area contributed by atoms with Crippen LogP contribution in [0, 0.1) is 5.92 Å². The van der Waals surface area contributed by atoms with E-state index in [1.54, 1.807) is 12.1 Å². The van der Waals surface area contributed by atoms with Crippen molar-refractivity contribution in [2.75, 3.05) is 7.11 Å². The lowest BCUT2D eigenvalue weighted by atomic mass is 9.84. The summed E-state index contributed by atoms with van der Waals surface area (Å²) in [7, 11) is 1.29. The summed E-state index contributed by atoms with van der Waals surface area (Å²) >= 11 is 0. The van der Waals surface area contributed by atoms with Crippen LogP contribution in [-0.4, -0.2) is 23.3 Å². The van der Waals surface area contributed by atoms with Gasteiger partial charge >= 0.3 is 5.97 Å². The van der Waals surface area contributed by atoms with Crippen LogP contribution >= 0.6 is 0 Å². The zero-order chi connectivity index (χ0) is 20.4. The first-order valence-electron chi connectivity index (χ1n) is 8.98. The van der Waals surface area contributed by atoms with Crippen molar-refractivity contribution in [1.29, 1.82) is 0 Å². The minimum atomic E-state index is -0.468. The molecular formula is C22H22O6. The Morgan fingerprint density at radius 2 is 1.79 bits per heavy atom. The Labute approximate surface area is 162 Å². The number of carbonyl (C=O) groups is 1. The molecule has 0 spiro atoms. The van der Waals surface area contributed by atoms with Gasteiger partial charge in [0.2, 0.25) is 0 Å². The molecule has 0 amide bonds. The number of ether oxygens (including phenoxy) is 1. The lowest BCUT2D eigenvalue weighted by Gasteiger charge is -2.22. The van der Waals surface area contributed by atoms with Crippen molar-refractivity contribution in [1.82, 2.24) is 0 Å². The summed E-state index contributed by atoms with van der Waals surface area (Å²) in [4.78, 5) is 24.7. The second-order valence-electron chi connectivity index (χ2n) is 7.00. The molecule has 0 aliphatic rings. The third-order valence-electron chi connectivity index (χ3n) is 4.85. The molecule has 0 bridgehead atoms. The lowest BCUT2D eigenvalue weighted by molar-refractivity contribution is -0.141. The highest BCUT2D eigenvalue weighted by Crippen LogP contribution is 2.42. The maximum atomic E-state index is 12.7. The SMILES string of the molecule is COC(=O)CC(c1c(O)cc(O)c2c(=O)cc(-c3ccccc3)oc12)C(C)C. The number of esters is 1. The first-order valence-corrected chi connectivity index (χ1v) is 8.98. The number of benzene rings is 2. The first-order chi connectivity index (χ1) is 13.3. The van der Waals surface area contributed by atoms with Crippen molar-refractivity contribution < 1.29 is 24.2 Å². The minimum Gasteiger partial charge on any atom is -0.507 e. The Morgan fingerprint density at radius 1 is 1.11 bits per heavy atom. The molecule has 0 fully saturated rings. The number of phenols is 2. The summed E-state index contributed by atoms with van der Waals surface area (Å²) in [6, 6.07) is 11.5. The maximum absolute atomic E-state index is 12.7. The number of aromatic hydroxyl groups is 2. The average molecular weight is 382 g/mol. The Hall–Kier alpha value is -3.28. The molecule has 2 aromatic carbocycles. The number of methoxy groups -OCH3 is 1.